The number of nitrogens with one attached hydrogen (secondary N) is 2. The van der Waals surface area contributed by atoms with Crippen LogP contribution in [0.3, 0.4) is 0 Å². The topological polar surface area (TPSA) is 66.5 Å². The zero-order valence-electron chi connectivity index (χ0n) is 13.3. The van der Waals surface area contributed by atoms with Gasteiger partial charge in [0.1, 0.15) is 6.33 Å². The molecule has 24 heavy (non-hydrogen) atoms. The van der Waals surface area contributed by atoms with E-state index in [4.69, 9.17) is 0 Å². The lowest BCUT2D eigenvalue weighted by Gasteiger charge is -2.11. The number of aromatic amines is 1. The van der Waals surface area contributed by atoms with Crippen LogP contribution >= 0.6 is 0 Å². The molecule has 0 aliphatic carbocycles. The van der Waals surface area contributed by atoms with Gasteiger partial charge in [0, 0.05) is 29.4 Å². The van der Waals surface area contributed by atoms with Crippen molar-refractivity contribution in [2.75, 3.05) is 5.32 Å². The summed E-state index contributed by atoms with van der Waals surface area (Å²) in [5.41, 5.74) is 5.53. The third-order valence-electron chi connectivity index (χ3n) is 4.07. The number of hydrogen-bond acceptors (Lipinski definition) is 4. The quantitative estimate of drug-likeness (QED) is 0.598. The predicted molar refractivity (Wildman–Crippen MR) is 95.6 cm³/mol. The van der Waals surface area contributed by atoms with E-state index in [1.54, 1.807) is 0 Å². The molecule has 0 bridgehead atoms. The summed E-state index contributed by atoms with van der Waals surface area (Å²) < 4.78 is 0. The maximum atomic E-state index is 4.48. The van der Waals surface area contributed by atoms with Gasteiger partial charge in [-0.15, -0.1) is 0 Å². The van der Waals surface area contributed by atoms with Crippen LogP contribution in [0.5, 0.6) is 0 Å². The first-order chi connectivity index (χ1) is 11.8. The van der Waals surface area contributed by atoms with Crippen molar-refractivity contribution in [3.05, 3.63) is 72.2 Å². The number of aromatic nitrogens is 4. The maximum Gasteiger partial charge on any atom is 0.155 e. The van der Waals surface area contributed by atoms with Crippen molar-refractivity contribution < 1.29 is 0 Å². The molecule has 0 radical (unpaired) electrons. The lowest BCUT2D eigenvalue weighted by atomic mass is 10.1. The lowest BCUT2D eigenvalue weighted by molar-refractivity contribution is 1.09. The molecule has 0 amide bonds. The standard InChI is InChI=1S/C19H17N5/c1-13-4-2-7-16-17(8-9-20-18(13)16)21-11-14-5-3-6-15(10-14)19-22-12-23-24-19/h2-10,12H,11H2,1H3,(H,20,21)(H,22,23,24). The van der Waals surface area contributed by atoms with Crippen LogP contribution in [0, 0.1) is 6.92 Å². The largest absolute Gasteiger partial charge is 0.380 e. The van der Waals surface area contributed by atoms with Crippen LogP contribution in [0.25, 0.3) is 22.3 Å². The van der Waals surface area contributed by atoms with Crippen LogP contribution in [0.2, 0.25) is 0 Å². The molecule has 0 unspecified atom stereocenters. The number of aryl methyl sites for hydroxylation is 1. The number of rotatable bonds is 4. The molecule has 4 aromatic rings. The maximum absolute atomic E-state index is 4.48. The summed E-state index contributed by atoms with van der Waals surface area (Å²) >= 11 is 0. The van der Waals surface area contributed by atoms with Gasteiger partial charge in [-0.05, 0) is 30.2 Å². The van der Waals surface area contributed by atoms with Crippen LogP contribution in [-0.2, 0) is 6.54 Å². The SMILES string of the molecule is Cc1cccc2c(NCc3cccc(-c4ncn[nH]4)c3)ccnc12. The van der Waals surface area contributed by atoms with Crippen molar-refractivity contribution in [3.8, 4) is 11.4 Å². The van der Waals surface area contributed by atoms with Gasteiger partial charge in [-0.2, -0.15) is 5.10 Å². The van der Waals surface area contributed by atoms with Gasteiger partial charge in [-0.25, -0.2) is 4.98 Å². The molecular formula is C19H17N5. The van der Waals surface area contributed by atoms with Gasteiger partial charge in [0.2, 0.25) is 0 Å². The Bertz CT molecular complexity index is 976. The number of hydrogen-bond donors (Lipinski definition) is 2. The van der Waals surface area contributed by atoms with Crippen LogP contribution in [0.15, 0.2) is 61.1 Å². The summed E-state index contributed by atoms with van der Waals surface area (Å²) in [6.45, 7) is 2.81. The molecule has 0 saturated carbocycles. The first kappa shape index (κ1) is 14.4. The smallest absolute Gasteiger partial charge is 0.155 e. The zero-order valence-corrected chi connectivity index (χ0v) is 13.3. The molecule has 0 fully saturated rings. The molecule has 5 nitrogen and oxygen atoms in total. The summed E-state index contributed by atoms with van der Waals surface area (Å²) in [7, 11) is 0. The molecule has 2 N–H and O–H groups in total. The molecule has 5 heteroatoms. The second-order valence-electron chi connectivity index (χ2n) is 5.72. The van der Waals surface area contributed by atoms with E-state index in [1.807, 2.05) is 24.4 Å². The minimum atomic E-state index is 0.731. The Morgan fingerprint density at radius 2 is 1.96 bits per heavy atom. The van der Waals surface area contributed by atoms with Gasteiger partial charge in [0.05, 0.1) is 5.52 Å². The fourth-order valence-electron chi connectivity index (χ4n) is 2.85. The molecule has 118 valence electrons. The molecule has 0 aliphatic heterocycles. The Morgan fingerprint density at radius 1 is 1.04 bits per heavy atom. The number of anilines is 1. The minimum absolute atomic E-state index is 0.731. The third kappa shape index (κ3) is 2.72. The second-order valence-corrected chi connectivity index (χ2v) is 5.72. The van der Waals surface area contributed by atoms with Crippen molar-refractivity contribution in [1.82, 2.24) is 20.2 Å². The van der Waals surface area contributed by atoms with Crippen molar-refractivity contribution >= 4 is 16.6 Å². The van der Waals surface area contributed by atoms with E-state index in [2.05, 4.69) is 62.7 Å². The van der Waals surface area contributed by atoms with Gasteiger partial charge < -0.3 is 5.32 Å². The molecule has 0 aliphatic rings. The first-order valence-electron chi connectivity index (χ1n) is 7.84. The summed E-state index contributed by atoms with van der Waals surface area (Å²) in [5.74, 6) is 0.779. The summed E-state index contributed by atoms with van der Waals surface area (Å²) in [6.07, 6.45) is 3.37. The normalized spacial score (nSPS) is 10.9. The Morgan fingerprint density at radius 3 is 2.83 bits per heavy atom. The minimum Gasteiger partial charge on any atom is -0.380 e. The molecule has 0 spiro atoms. The second kappa shape index (κ2) is 6.12. The highest BCUT2D eigenvalue weighted by molar-refractivity contribution is 5.92. The fourth-order valence-corrected chi connectivity index (χ4v) is 2.85. The summed E-state index contributed by atoms with van der Waals surface area (Å²) in [6, 6.07) is 16.5. The molecule has 0 atom stereocenters. The molecule has 0 saturated heterocycles. The highest BCUT2D eigenvalue weighted by atomic mass is 15.2. The Balaban J connectivity index is 1.60. The van der Waals surface area contributed by atoms with Crippen LogP contribution in [0.4, 0.5) is 5.69 Å². The number of nitrogens with zero attached hydrogens (tertiary/aromatic N) is 3. The fraction of sp³-hybridized carbons (Fsp3) is 0.105. The van der Waals surface area contributed by atoms with Gasteiger partial charge in [0.15, 0.2) is 5.82 Å². The van der Waals surface area contributed by atoms with Crippen molar-refractivity contribution in [3.63, 3.8) is 0 Å². The third-order valence-corrected chi connectivity index (χ3v) is 4.07. The number of H-pyrrole nitrogens is 1. The van der Waals surface area contributed by atoms with E-state index >= 15 is 0 Å². The number of fused-ring (bicyclic) bond motifs is 1. The predicted octanol–water partition coefficient (Wildman–Crippen LogP) is 3.94. The Hall–Kier alpha value is -3.21. The van der Waals surface area contributed by atoms with E-state index in [1.165, 1.54) is 17.5 Å². The van der Waals surface area contributed by atoms with Gasteiger partial charge in [-0.3, -0.25) is 10.1 Å². The number of para-hydroxylation sites is 1. The van der Waals surface area contributed by atoms with Crippen LogP contribution < -0.4 is 5.32 Å². The van der Waals surface area contributed by atoms with Crippen molar-refractivity contribution in [1.29, 1.82) is 0 Å². The Kier molecular flexibility index (Phi) is 3.67. The first-order valence-corrected chi connectivity index (χ1v) is 7.84. The monoisotopic (exact) mass is 315 g/mol. The van der Waals surface area contributed by atoms with Crippen LogP contribution in [-0.4, -0.2) is 20.2 Å². The van der Waals surface area contributed by atoms with Gasteiger partial charge >= 0.3 is 0 Å². The van der Waals surface area contributed by atoms with E-state index in [-0.39, 0.29) is 0 Å². The van der Waals surface area contributed by atoms with E-state index in [0.717, 1.165) is 34.5 Å². The molecular weight excluding hydrogens is 298 g/mol. The molecule has 4 rings (SSSR count). The zero-order chi connectivity index (χ0) is 16.4. The van der Waals surface area contributed by atoms with Gasteiger partial charge in [0.25, 0.3) is 0 Å². The summed E-state index contributed by atoms with van der Waals surface area (Å²) in [5, 5.41) is 11.5. The Labute approximate surface area is 139 Å². The van der Waals surface area contributed by atoms with Crippen molar-refractivity contribution in [2.45, 2.75) is 13.5 Å². The molecule has 2 heterocycles. The highest BCUT2D eigenvalue weighted by Gasteiger charge is 2.05. The molecule has 2 aromatic heterocycles. The summed E-state index contributed by atoms with van der Waals surface area (Å²) in [4.78, 5) is 8.69. The van der Waals surface area contributed by atoms with Crippen molar-refractivity contribution in [2.24, 2.45) is 0 Å². The molecule has 2 aromatic carbocycles. The van der Waals surface area contributed by atoms with Crippen LogP contribution in [0.1, 0.15) is 11.1 Å². The van der Waals surface area contributed by atoms with E-state index in [9.17, 15) is 0 Å². The lowest BCUT2D eigenvalue weighted by Crippen LogP contribution is -2.01. The highest BCUT2D eigenvalue weighted by Crippen LogP contribution is 2.24. The van der Waals surface area contributed by atoms with E-state index in [0.29, 0.717) is 0 Å². The number of benzene rings is 2. The van der Waals surface area contributed by atoms with Gasteiger partial charge in [-0.1, -0.05) is 36.4 Å². The number of pyridine rings is 1. The average Bonchev–Trinajstić information content (AvgIpc) is 3.15. The average molecular weight is 315 g/mol. The van der Waals surface area contributed by atoms with E-state index < -0.39 is 0 Å².